The molecule has 2 nitrogen and oxygen atoms in total. The lowest BCUT2D eigenvalue weighted by Gasteiger charge is -2.32. The van der Waals surface area contributed by atoms with E-state index in [1.54, 1.807) is 0 Å². The van der Waals surface area contributed by atoms with Gasteiger partial charge in [0.1, 0.15) is 0 Å². The molecule has 5 heteroatoms. The van der Waals surface area contributed by atoms with Gasteiger partial charge in [-0.3, -0.25) is 4.21 Å². The number of halogens is 2. The highest BCUT2D eigenvalue weighted by Gasteiger charge is 2.41. The smallest absolute Gasteiger partial charge is 0.254 e. The fraction of sp³-hybridized carbons (Fsp3) is 1.00. The monoisotopic (exact) mass is 310 g/mol. The van der Waals surface area contributed by atoms with Crippen LogP contribution in [0.1, 0.15) is 53.9 Å². The molecule has 1 aliphatic heterocycles. The van der Waals surface area contributed by atoms with E-state index < -0.39 is 27.4 Å². The Morgan fingerprint density at radius 3 is 2.35 bits per heavy atom. The Balaban J connectivity index is 2.52. The molecule has 0 aromatic carbocycles. The molecule has 4 atom stereocenters. The molecule has 1 heterocycles. The van der Waals surface area contributed by atoms with E-state index in [-0.39, 0.29) is 18.3 Å². The molecule has 0 bridgehead atoms. The van der Waals surface area contributed by atoms with Gasteiger partial charge in [-0.1, -0.05) is 13.8 Å². The summed E-state index contributed by atoms with van der Waals surface area (Å²) in [6.45, 7) is 9.60. The fourth-order valence-corrected chi connectivity index (χ4v) is 3.40. The number of ether oxygens (including phenoxy) is 1. The fourth-order valence-electron chi connectivity index (χ4n) is 2.20. The SMILES string of the molecule is C[C@H]1CC[C@H](CC(F)(F)[C@H](C)CS(=O)C(C)(C)C)OC1. The molecule has 0 radical (unpaired) electrons. The van der Waals surface area contributed by atoms with Crippen LogP contribution >= 0.6 is 0 Å². The molecule has 1 aliphatic rings. The summed E-state index contributed by atoms with van der Waals surface area (Å²) in [6.07, 6.45) is 1.05. The van der Waals surface area contributed by atoms with Crippen LogP contribution in [0.15, 0.2) is 0 Å². The summed E-state index contributed by atoms with van der Waals surface area (Å²) in [4.78, 5) is 0. The Bertz CT molecular complexity index is 331. The van der Waals surface area contributed by atoms with Crippen LogP contribution in [0.25, 0.3) is 0 Å². The van der Waals surface area contributed by atoms with Gasteiger partial charge >= 0.3 is 0 Å². The lowest BCUT2D eigenvalue weighted by molar-refractivity contribution is -0.110. The van der Waals surface area contributed by atoms with Crippen LogP contribution < -0.4 is 0 Å². The van der Waals surface area contributed by atoms with Gasteiger partial charge in [-0.25, -0.2) is 8.78 Å². The van der Waals surface area contributed by atoms with Crippen LogP contribution in [0, 0.1) is 11.8 Å². The summed E-state index contributed by atoms with van der Waals surface area (Å²) in [5.41, 5.74) is 0. The van der Waals surface area contributed by atoms with Crippen molar-refractivity contribution in [2.24, 2.45) is 11.8 Å². The second-order valence-corrected chi connectivity index (χ2v) is 9.38. The van der Waals surface area contributed by atoms with Gasteiger partial charge in [-0.05, 0) is 39.5 Å². The quantitative estimate of drug-likeness (QED) is 0.767. The molecular formula is C15H28F2O2S. The maximum absolute atomic E-state index is 14.2. The number of rotatable bonds is 5. The average Bonchev–Trinajstić information content (AvgIpc) is 2.30. The maximum Gasteiger partial charge on any atom is 0.254 e. The average molecular weight is 310 g/mol. The van der Waals surface area contributed by atoms with Gasteiger partial charge in [0.25, 0.3) is 5.92 Å². The molecule has 1 unspecified atom stereocenters. The minimum Gasteiger partial charge on any atom is -0.378 e. The second-order valence-electron chi connectivity index (χ2n) is 7.13. The van der Waals surface area contributed by atoms with Gasteiger partial charge in [0.15, 0.2) is 0 Å². The Hall–Kier alpha value is -0.0300. The van der Waals surface area contributed by atoms with E-state index in [0.29, 0.717) is 18.9 Å². The molecule has 120 valence electrons. The molecular weight excluding hydrogens is 282 g/mol. The molecule has 0 aromatic rings. The van der Waals surface area contributed by atoms with Gasteiger partial charge in [0.05, 0.1) is 6.10 Å². The van der Waals surface area contributed by atoms with Gasteiger partial charge in [0, 0.05) is 40.2 Å². The number of hydrogen-bond acceptors (Lipinski definition) is 2. The first-order valence-corrected chi connectivity index (χ1v) is 8.72. The third-order valence-corrected chi connectivity index (χ3v) is 6.07. The lowest BCUT2D eigenvalue weighted by atomic mass is 9.93. The van der Waals surface area contributed by atoms with E-state index in [1.165, 1.54) is 6.92 Å². The molecule has 0 saturated carbocycles. The van der Waals surface area contributed by atoms with Gasteiger partial charge in [0.2, 0.25) is 0 Å². The van der Waals surface area contributed by atoms with Crippen molar-refractivity contribution in [1.82, 2.24) is 0 Å². The molecule has 1 fully saturated rings. The van der Waals surface area contributed by atoms with Crippen molar-refractivity contribution in [1.29, 1.82) is 0 Å². The first kappa shape index (κ1) is 18.0. The largest absolute Gasteiger partial charge is 0.378 e. The topological polar surface area (TPSA) is 26.3 Å². The van der Waals surface area contributed by atoms with E-state index in [2.05, 4.69) is 6.92 Å². The van der Waals surface area contributed by atoms with Crippen molar-refractivity contribution in [3.8, 4) is 0 Å². The van der Waals surface area contributed by atoms with Crippen molar-refractivity contribution in [2.75, 3.05) is 12.4 Å². The predicted octanol–water partition coefficient (Wildman–Crippen LogP) is 4.01. The third kappa shape index (κ3) is 5.40. The summed E-state index contributed by atoms with van der Waals surface area (Å²) >= 11 is 0. The van der Waals surface area contributed by atoms with E-state index in [9.17, 15) is 13.0 Å². The molecule has 0 aromatic heterocycles. The molecule has 1 saturated heterocycles. The maximum atomic E-state index is 14.2. The van der Waals surface area contributed by atoms with Crippen LogP contribution in [0.2, 0.25) is 0 Å². The summed E-state index contributed by atoms with van der Waals surface area (Å²) in [7, 11) is -1.25. The highest BCUT2D eigenvalue weighted by atomic mass is 32.2. The van der Waals surface area contributed by atoms with Crippen molar-refractivity contribution < 1.29 is 17.7 Å². The van der Waals surface area contributed by atoms with Crippen LogP contribution in [-0.2, 0) is 15.5 Å². The van der Waals surface area contributed by atoms with Crippen LogP contribution in [0.5, 0.6) is 0 Å². The van der Waals surface area contributed by atoms with Crippen molar-refractivity contribution >= 4 is 10.8 Å². The van der Waals surface area contributed by atoms with Crippen LogP contribution in [0.3, 0.4) is 0 Å². The van der Waals surface area contributed by atoms with Gasteiger partial charge < -0.3 is 4.74 Å². The molecule has 0 amide bonds. The van der Waals surface area contributed by atoms with E-state index >= 15 is 0 Å². The molecule has 0 N–H and O–H groups in total. The number of hydrogen-bond donors (Lipinski definition) is 0. The van der Waals surface area contributed by atoms with Crippen LogP contribution in [-0.4, -0.2) is 33.3 Å². The number of alkyl halides is 2. The van der Waals surface area contributed by atoms with Crippen molar-refractivity contribution in [3.05, 3.63) is 0 Å². The van der Waals surface area contributed by atoms with Gasteiger partial charge in [-0.2, -0.15) is 0 Å². The van der Waals surface area contributed by atoms with Gasteiger partial charge in [-0.15, -0.1) is 0 Å². The third-order valence-electron chi connectivity index (χ3n) is 3.90. The zero-order valence-corrected chi connectivity index (χ0v) is 14.1. The minimum atomic E-state index is -2.81. The summed E-state index contributed by atoms with van der Waals surface area (Å²) in [5, 5.41) is 0. The summed E-state index contributed by atoms with van der Waals surface area (Å²) in [6, 6.07) is 0. The standard InChI is InChI=1S/C15H28F2O2S/c1-11-6-7-13(19-9-11)8-15(16,17)12(2)10-20(18)14(3,4)5/h11-13H,6-10H2,1-5H3/t11-,12+,13+,20?/m0/s1. The Morgan fingerprint density at radius 1 is 1.30 bits per heavy atom. The van der Waals surface area contributed by atoms with Crippen LogP contribution in [0.4, 0.5) is 8.78 Å². The highest BCUT2D eigenvalue weighted by Crippen LogP contribution is 2.35. The Labute approximate surface area is 124 Å². The second kappa shape index (κ2) is 6.82. The van der Waals surface area contributed by atoms with E-state index in [0.717, 1.165) is 6.42 Å². The molecule has 0 aliphatic carbocycles. The highest BCUT2D eigenvalue weighted by molar-refractivity contribution is 7.86. The van der Waals surface area contributed by atoms with E-state index in [1.807, 2.05) is 20.8 Å². The Kier molecular flexibility index (Phi) is 6.14. The summed E-state index contributed by atoms with van der Waals surface area (Å²) < 4.78 is 45.5. The zero-order chi connectivity index (χ0) is 15.6. The lowest BCUT2D eigenvalue weighted by Crippen LogP contribution is -2.39. The van der Waals surface area contributed by atoms with Crippen molar-refractivity contribution in [3.63, 3.8) is 0 Å². The first-order valence-electron chi connectivity index (χ1n) is 7.40. The minimum absolute atomic E-state index is 0.0413. The first-order chi connectivity index (χ1) is 9.02. The normalized spacial score (nSPS) is 28.1. The van der Waals surface area contributed by atoms with E-state index in [4.69, 9.17) is 4.74 Å². The zero-order valence-electron chi connectivity index (χ0n) is 13.2. The molecule has 1 rings (SSSR count). The van der Waals surface area contributed by atoms with Crippen molar-refractivity contribution in [2.45, 2.75) is 70.7 Å². The summed E-state index contributed by atoms with van der Waals surface area (Å²) in [5.74, 6) is -3.19. The predicted molar refractivity (Wildman–Crippen MR) is 79.6 cm³/mol. The Morgan fingerprint density at radius 2 is 1.90 bits per heavy atom. The molecule has 20 heavy (non-hydrogen) atoms. The molecule has 0 spiro atoms.